The Morgan fingerprint density at radius 3 is 2.62 bits per heavy atom. The summed E-state index contributed by atoms with van der Waals surface area (Å²) in [7, 11) is 3.26. The smallest absolute Gasteiger partial charge is 0.189 e. The maximum Gasteiger partial charge on any atom is 0.189 e. The largest absolute Gasteiger partial charge is 0.378 e. The van der Waals surface area contributed by atoms with Gasteiger partial charge in [-0.15, -0.1) is 11.3 Å². The molecule has 11 heteroatoms. The van der Waals surface area contributed by atoms with E-state index in [0.717, 1.165) is 56.7 Å². The topological polar surface area (TPSA) is 90.9 Å². The van der Waals surface area contributed by atoms with Crippen molar-refractivity contribution in [1.82, 2.24) is 15.0 Å². The molecule has 184 valence electrons. The van der Waals surface area contributed by atoms with Gasteiger partial charge in [-0.2, -0.15) is 0 Å². The lowest BCUT2D eigenvalue weighted by molar-refractivity contribution is -0.0914. The van der Waals surface area contributed by atoms with Crippen molar-refractivity contribution in [2.45, 2.75) is 43.9 Å². The van der Waals surface area contributed by atoms with Gasteiger partial charge in [0.25, 0.3) is 0 Å². The number of morpholine rings is 1. The zero-order valence-corrected chi connectivity index (χ0v) is 21.9. The zero-order valence-electron chi connectivity index (χ0n) is 20.3. The molecule has 0 aromatic carbocycles. The van der Waals surface area contributed by atoms with Gasteiger partial charge in [-0.25, -0.2) is 15.0 Å². The summed E-state index contributed by atoms with van der Waals surface area (Å²) < 4.78 is 23.6. The number of nitrogens with one attached hydrogen (secondary N) is 1. The number of aromatic nitrogens is 3. The van der Waals surface area contributed by atoms with E-state index >= 15 is 0 Å². The van der Waals surface area contributed by atoms with Gasteiger partial charge in [0.1, 0.15) is 16.5 Å². The van der Waals surface area contributed by atoms with Crippen LogP contribution in [-0.4, -0.2) is 80.2 Å². The number of hydrogen-bond acceptors (Lipinski definition) is 11. The highest BCUT2D eigenvalue weighted by Crippen LogP contribution is 2.44. The van der Waals surface area contributed by atoms with Crippen LogP contribution in [0.25, 0.3) is 20.4 Å². The number of ether oxygens (including phenoxy) is 4. The lowest BCUT2D eigenvalue weighted by Crippen LogP contribution is -2.39. The van der Waals surface area contributed by atoms with Crippen molar-refractivity contribution in [2.24, 2.45) is 0 Å². The third-order valence-corrected chi connectivity index (χ3v) is 7.93. The molecule has 2 aliphatic heterocycles. The average Bonchev–Trinajstić information content (AvgIpc) is 3.22. The molecule has 1 N–H and O–H groups in total. The van der Waals surface area contributed by atoms with Crippen molar-refractivity contribution in [3.8, 4) is 0 Å². The average molecular weight is 506 g/mol. The molecule has 0 aliphatic carbocycles. The molecule has 0 spiro atoms. The number of nitrogens with zero attached hydrogens (tertiary/aromatic N) is 4. The van der Waals surface area contributed by atoms with E-state index in [1.807, 2.05) is 6.26 Å². The van der Waals surface area contributed by atoms with Crippen LogP contribution in [0.3, 0.4) is 0 Å². The lowest BCUT2D eigenvalue weighted by Gasteiger charge is -2.36. The van der Waals surface area contributed by atoms with E-state index in [4.69, 9.17) is 33.9 Å². The van der Waals surface area contributed by atoms with Crippen LogP contribution < -0.4 is 10.2 Å². The Morgan fingerprint density at radius 2 is 1.91 bits per heavy atom. The quantitative estimate of drug-likeness (QED) is 0.291. The minimum absolute atomic E-state index is 0.252. The summed E-state index contributed by atoms with van der Waals surface area (Å²) in [6.07, 6.45) is 2.43. The molecular weight excluding hydrogens is 474 g/mol. The summed E-state index contributed by atoms with van der Waals surface area (Å²) in [6.45, 7) is 8.41. The molecule has 0 unspecified atom stereocenters. The molecule has 0 saturated carbocycles. The molecule has 0 amide bonds. The second-order valence-electron chi connectivity index (χ2n) is 9.02. The Morgan fingerprint density at radius 1 is 1.15 bits per heavy atom. The predicted octanol–water partition coefficient (Wildman–Crippen LogP) is 3.68. The van der Waals surface area contributed by atoms with E-state index in [0.29, 0.717) is 26.4 Å². The summed E-state index contributed by atoms with van der Waals surface area (Å²) in [5.41, 5.74) is 3.16. The van der Waals surface area contributed by atoms with Crippen LogP contribution in [0.2, 0.25) is 0 Å². The van der Waals surface area contributed by atoms with Crippen molar-refractivity contribution in [1.29, 1.82) is 0 Å². The highest BCUT2D eigenvalue weighted by Gasteiger charge is 2.33. The van der Waals surface area contributed by atoms with Crippen molar-refractivity contribution in [2.75, 3.05) is 63.5 Å². The van der Waals surface area contributed by atoms with E-state index in [2.05, 4.69) is 24.1 Å². The first-order chi connectivity index (χ1) is 16.4. The summed E-state index contributed by atoms with van der Waals surface area (Å²) in [6, 6.07) is 0. The fourth-order valence-electron chi connectivity index (χ4n) is 4.53. The van der Waals surface area contributed by atoms with Gasteiger partial charge in [-0.1, -0.05) is 11.8 Å². The Hall–Kier alpha value is -1.76. The van der Waals surface area contributed by atoms with Crippen LogP contribution in [0.15, 0.2) is 5.16 Å². The standard InChI is InChI=1S/C23H31N5O4S2/c1-23(2)10-13-14(12-32-23)20(28-6-8-31-9-7-28)27-21-16(13)17-18(34-21)19(26-22(25-17)33-5)24-11-15(29-3)30-4/h15H,6-12H2,1-5H3,(H,24,25,26). The fraction of sp³-hybridized carbons (Fsp3) is 0.609. The highest BCUT2D eigenvalue weighted by atomic mass is 32.2. The Labute approximate surface area is 207 Å². The first kappa shape index (κ1) is 24.0. The highest BCUT2D eigenvalue weighted by molar-refractivity contribution is 7.98. The molecule has 3 aromatic rings. The van der Waals surface area contributed by atoms with Gasteiger partial charge in [-0.05, 0) is 25.7 Å². The van der Waals surface area contributed by atoms with Crippen LogP contribution in [0.5, 0.6) is 0 Å². The van der Waals surface area contributed by atoms with Gasteiger partial charge in [0, 0.05) is 44.7 Å². The van der Waals surface area contributed by atoms with E-state index in [9.17, 15) is 0 Å². The molecule has 0 bridgehead atoms. The van der Waals surface area contributed by atoms with E-state index in [1.54, 1.807) is 25.6 Å². The third-order valence-electron chi connectivity index (χ3n) is 6.30. The van der Waals surface area contributed by atoms with Gasteiger partial charge in [0.2, 0.25) is 0 Å². The van der Waals surface area contributed by atoms with E-state index in [-0.39, 0.29) is 11.9 Å². The van der Waals surface area contributed by atoms with Gasteiger partial charge in [-0.3, -0.25) is 0 Å². The molecule has 0 atom stereocenters. The Bertz CT molecular complexity index is 1190. The number of hydrogen-bond donors (Lipinski definition) is 1. The van der Waals surface area contributed by atoms with Crippen LogP contribution >= 0.6 is 23.1 Å². The molecule has 0 radical (unpaired) electrons. The molecule has 9 nitrogen and oxygen atoms in total. The van der Waals surface area contributed by atoms with Gasteiger partial charge >= 0.3 is 0 Å². The van der Waals surface area contributed by atoms with Crippen molar-refractivity contribution in [3.63, 3.8) is 0 Å². The minimum Gasteiger partial charge on any atom is -0.378 e. The molecular formula is C23H31N5O4S2. The summed E-state index contributed by atoms with van der Waals surface area (Å²) in [4.78, 5) is 18.2. The summed E-state index contributed by atoms with van der Waals surface area (Å²) in [5, 5.41) is 5.26. The summed E-state index contributed by atoms with van der Waals surface area (Å²) in [5.74, 6) is 1.80. The normalized spacial score (nSPS) is 18.1. The number of pyridine rings is 1. The number of rotatable bonds is 7. The maximum absolute atomic E-state index is 6.25. The minimum atomic E-state index is -0.367. The maximum atomic E-state index is 6.25. The molecule has 1 saturated heterocycles. The summed E-state index contributed by atoms with van der Waals surface area (Å²) >= 11 is 3.17. The monoisotopic (exact) mass is 505 g/mol. The third kappa shape index (κ3) is 4.45. The van der Waals surface area contributed by atoms with Crippen LogP contribution in [0.4, 0.5) is 11.6 Å². The molecule has 5 heterocycles. The van der Waals surface area contributed by atoms with Gasteiger partial charge < -0.3 is 29.2 Å². The zero-order chi connectivity index (χ0) is 23.9. The number of thioether (sulfide) groups is 1. The number of thiophene rings is 1. The second-order valence-corrected chi connectivity index (χ2v) is 10.8. The van der Waals surface area contributed by atoms with Crippen LogP contribution in [-0.2, 0) is 32.0 Å². The predicted molar refractivity (Wildman–Crippen MR) is 136 cm³/mol. The van der Waals surface area contributed by atoms with Crippen molar-refractivity contribution in [3.05, 3.63) is 11.1 Å². The number of fused-ring (bicyclic) bond motifs is 5. The van der Waals surface area contributed by atoms with Crippen molar-refractivity contribution >= 4 is 55.2 Å². The SMILES string of the molecule is COC(CNc1nc(SC)nc2c1sc1nc(N3CCOCC3)c3c(c12)CC(C)(C)OC3)OC. The molecule has 1 fully saturated rings. The van der Waals surface area contributed by atoms with Crippen LogP contribution in [0.1, 0.15) is 25.0 Å². The van der Waals surface area contributed by atoms with Crippen LogP contribution in [0, 0.1) is 0 Å². The molecule has 3 aromatic heterocycles. The van der Waals surface area contributed by atoms with E-state index in [1.165, 1.54) is 22.9 Å². The van der Waals surface area contributed by atoms with Gasteiger partial charge in [0.05, 0.1) is 42.2 Å². The molecule has 2 aliphatic rings. The first-order valence-corrected chi connectivity index (χ1v) is 13.4. The second kappa shape index (κ2) is 9.71. The number of methoxy groups -OCH3 is 2. The Kier molecular flexibility index (Phi) is 6.84. The fourth-order valence-corrected chi connectivity index (χ4v) is 6.00. The van der Waals surface area contributed by atoms with E-state index < -0.39 is 0 Å². The molecule has 34 heavy (non-hydrogen) atoms. The van der Waals surface area contributed by atoms with Gasteiger partial charge in [0.15, 0.2) is 11.4 Å². The first-order valence-electron chi connectivity index (χ1n) is 11.4. The number of anilines is 2. The van der Waals surface area contributed by atoms with Crippen molar-refractivity contribution < 1.29 is 18.9 Å². The molecule has 5 rings (SSSR count). The lowest BCUT2D eigenvalue weighted by atomic mass is 9.90. The Balaban J connectivity index is 1.71.